The number of carbonyl (C=O) groups is 2. The number of aromatic amines is 1. The van der Waals surface area contributed by atoms with E-state index >= 15 is 0 Å². The van der Waals surface area contributed by atoms with Crippen LogP contribution >= 0.6 is 0 Å². The number of ketones is 1. The third-order valence-electron chi connectivity index (χ3n) is 7.48. The van der Waals surface area contributed by atoms with Crippen molar-refractivity contribution < 1.29 is 9.59 Å². The van der Waals surface area contributed by atoms with Crippen molar-refractivity contribution in [2.24, 2.45) is 11.3 Å². The van der Waals surface area contributed by atoms with Crippen molar-refractivity contribution in [3.8, 4) is 0 Å². The van der Waals surface area contributed by atoms with Crippen molar-refractivity contribution in [1.29, 1.82) is 5.41 Å². The number of carbonyl (C=O) groups excluding carboxylic acids is 2. The van der Waals surface area contributed by atoms with Crippen LogP contribution in [0.3, 0.4) is 0 Å². The zero-order chi connectivity index (χ0) is 24.8. The summed E-state index contributed by atoms with van der Waals surface area (Å²) in [6, 6.07) is -0.187. The summed E-state index contributed by atoms with van der Waals surface area (Å²) in [7, 11) is 1.82. The van der Waals surface area contributed by atoms with E-state index in [1.54, 1.807) is 18.5 Å². The van der Waals surface area contributed by atoms with Gasteiger partial charge in [-0.15, -0.1) is 0 Å². The Bertz CT molecular complexity index is 1040. The van der Waals surface area contributed by atoms with Gasteiger partial charge in [0.2, 0.25) is 5.91 Å². The monoisotopic (exact) mass is 478 g/mol. The van der Waals surface area contributed by atoms with Crippen molar-refractivity contribution in [2.75, 3.05) is 20.1 Å². The number of imidazole rings is 1. The number of nitrogens with zero attached hydrogens (tertiary/aromatic N) is 1. The summed E-state index contributed by atoms with van der Waals surface area (Å²) < 4.78 is 0. The number of rotatable bonds is 12. The van der Waals surface area contributed by atoms with E-state index < -0.39 is 0 Å². The average molecular weight is 479 g/mol. The Labute approximate surface area is 207 Å². The van der Waals surface area contributed by atoms with E-state index in [1.807, 2.05) is 26.1 Å². The molecule has 5 N–H and O–H groups in total. The number of allylic oxidation sites excluding steroid dienone is 5. The van der Waals surface area contributed by atoms with E-state index in [4.69, 9.17) is 5.41 Å². The maximum Gasteiger partial charge on any atom is 0.223 e. The molecule has 1 aromatic heterocycles. The van der Waals surface area contributed by atoms with Gasteiger partial charge in [-0.3, -0.25) is 9.59 Å². The SMILES string of the molecule is CCC(=O)CCCCC[C@H](NC(=O)C1CC2(CNC2)C1)c1ncc(C2=C/C(=C/NC)C(=N)C=C2)[nH]1. The normalized spacial score (nSPS) is 20.8. The van der Waals surface area contributed by atoms with Crippen LogP contribution in [0.25, 0.3) is 5.57 Å². The van der Waals surface area contributed by atoms with Crippen LogP contribution in [0, 0.1) is 16.7 Å². The van der Waals surface area contributed by atoms with Crippen LogP contribution in [0.15, 0.2) is 36.2 Å². The highest BCUT2D eigenvalue weighted by atomic mass is 16.2. The number of hydrogen-bond donors (Lipinski definition) is 5. The molecule has 35 heavy (non-hydrogen) atoms. The molecular weight excluding hydrogens is 440 g/mol. The standard InChI is InChI=1S/C27H38N6O2/c1-3-21(34)7-5-4-6-8-23(33-26(35)20-12-27(13-20)16-30-17-27)25-31-15-24(32-25)18-9-10-22(28)19(11-18)14-29-2/h9-11,14-15,20,23,28-30H,3-8,12-13,16-17H2,1-2H3,(H,31,32)(H,33,35)/b19-14-,28-22?/t23-/m0/s1. The van der Waals surface area contributed by atoms with Crippen molar-refractivity contribution in [3.63, 3.8) is 0 Å². The molecule has 1 spiro atoms. The minimum Gasteiger partial charge on any atom is -0.393 e. The van der Waals surface area contributed by atoms with Gasteiger partial charge >= 0.3 is 0 Å². The lowest BCUT2D eigenvalue weighted by Crippen LogP contribution is -2.62. The first-order valence-corrected chi connectivity index (χ1v) is 12.9. The van der Waals surface area contributed by atoms with Crippen LogP contribution in [-0.2, 0) is 9.59 Å². The molecule has 1 saturated carbocycles. The molecule has 0 bridgehead atoms. The molecule has 1 amide bonds. The van der Waals surface area contributed by atoms with E-state index in [1.165, 1.54) is 0 Å². The maximum atomic E-state index is 13.0. The average Bonchev–Trinajstić information content (AvgIpc) is 3.28. The summed E-state index contributed by atoms with van der Waals surface area (Å²) in [6.45, 7) is 3.97. The largest absolute Gasteiger partial charge is 0.393 e. The molecule has 2 fully saturated rings. The Morgan fingerprint density at radius 3 is 2.74 bits per heavy atom. The number of aromatic nitrogens is 2. The Balaban J connectivity index is 1.42. The van der Waals surface area contributed by atoms with Gasteiger partial charge in [0.05, 0.1) is 23.6 Å². The second-order valence-corrected chi connectivity index (χ2v) is 10.2. The van der Waals surface area contributed by atoms with Gasteiger partial charge in [-0.25, -0.2) is 4.98 Å². The fraction of sp³-hybridized carbons (Fsp3) is 0.556. The fourth-order valence-corrected chi connectivity index (χ4v) is 5.19. The van der Waals surface area contributed by atoms with E-state index in [0.29, 0.717) is 29.8 Å². The molecule has 0 unspecified atom stereocenters. The second-order valence-electron chi connectivity index (χ2n) is 10.2. The zero-order valence-electron chi connectivity index (χ0n) is 20.9. The lowest BCUT2D eigenvalue weighted by Gasteiger charge is -2.53. The van der Waals surface area contributed by atoms with Crippen molar-refractivity contribution in [2.45, 2.75) is 64.3 Å². The first-order valence-electron chi connectivity index (χ1n) is 12.9. The number of unbranched alkanes of at least 4 members (excludes halogenated alkanes) is 2. The van der Waals surface area contributed by atoms with Gasteiger partial charge in [0.25, 0.3) is 0 Å². The quantitative estimate of drug-likeness (QED) is 0.294. The molecule has 4 rings (SSSR count). The molecule has 2 heterocycles. The highest BCUT2D eigenvalue weighted by Gasteiger charge is 2.51. The summed E-state index contributed by atoms with van der Waals surface area (Å²) in [5.41, 5.74) is 3.42. The zero-order valence-corrected chi connectivity index (χ0v) is 20.9. The van der Waals surface area contributed by atoms with Gasteiger partial charge in [-0.05, 0) is 43.3 Å². The topological polar surface area (TPSA) is 123 Å². The molecule has 1 aromatic rings. The highest BCUT2D eigenvalue weighted by molar-refractivity contribution is 6.12. The van der Waals surface area contributed by atoms with E-state index in [2.05, 4.69) is 25.9 Å². The van der Waals surface area contributed by atoms with Crippen LogP contribution in [0.5, 0.6) is 0 Å². The van der Waals surface area contributed by atoms with Gasteiger partial charge in [0.1, 0.15) is 11.6 Å². The molecule has 1 atom stereocenters. The Morgan fingerprint density at radius 2 is 2.06 bits per heavy atom. The predicted molar refractivity (Wildman–Crippen MR) is 138 cm³/mol. The van der Waals surface area contributed by atoms with E-state index in [0.717, 1.165) is 74.3 Å². The predicted octanol–water partition coefficient (Wildman–Crippen LogP) is 3.57. The van der Waals surface area contributed by atoms with Crippen LogP contribution in [-0.4, -0.2) is 47.5 Å². The number of amides is 1. The number of nitrogens with one attached hydrogen (secondary N) is 5. The molecule has 8 heteroatoms. The molecule has 1 aliphatic heterocycles. The molecule has 0 aromatic carbocycles. The minimum atomic E-state index is -0.187. The molecule has 0 radical (unpaired) electrons. The molecular formula is C27H38N6O2. The van der Waals surface area contributed by atoms with Crippen LogP contribution in [0.1, 0.15) is 75.9 Å². The number of Topliss-reactive ketones (excluding diaryl/α,β-unsaturated/α-hetero) is 1. The summed E-state index contributed by atoms with van der Waals surface area (Å²) in [5.74, 6) is 1.27. The van der Waals surface area contributed by atoms with Gasteiger partial charge in [-0.2, -0.15) is 0 Å². The Kier molecular flexibility index (Phi) is 8.00. The smallest absolute Gasteiger partial charge is 0.223 e. The van der Waals surface area contributed by atoms with Crippen LogP contribution < -0.4 is 16.0 Å². The van der Waals surface area contributed by atoms with Crippen molar-refractivity contribution in [1.82, 2.24) is 25.9 Å². The van der Waals surface area contributed by atoms with Gasteiger partial charge in [0.15, 0.2) is 0 Å². The first kappa shape index (κ1) is 25.1. The van der Waals surface area contributed by atoms with E-state index in [9.17, 15) is 9.59 Å². The minimum absolute atomic E-state index is 0.0837. The maximum absolute atomic E-state index is 13.0. The van der Waals surface area contributed by atoms with Crippen molar-refractivity contribution in [3.05, 3.63) is 47.7 Å². The molecule has 3 aliphatic rings. The lowest BCUT2D eigenvalue weighted by atomic mass is 9.58. The summed E-state index contributed by atoms with van der Waals surface area (Å²) >= 11 is 0. The van der Waals surface area contributed by atoms with Gasteiger partial charge < -0.3 is 26.3 Å². The third kappa shape index (κ3) is 5.99. The number of hydrogen-bond acceptors (Lipinski definition) is 6. The molecule has 8 nitrogen and oxygen atoms in total. The van der Waals surface area contributed by atoms with Gasteiger partial charge in [-0.1, -0.05) is 25.8 Å². The van der Waals surface area contributed by atoms with Crippen LogP contribution in [0.2, 0.25) is 0 Å². The van der Waals surface area contributed by atoms with Crippen LogP contribution in [0.4, 0.5) is 0 Å². The fourth-order valence-electron chi connectivity index (χ4n) is 5.19. The van der Waals surface area contributed by atoms with Crippen molar-refractivity contribution >= 4 is 23.0 Å². The highest BCUT2D eigenvalue weighted by Crippen LogP contribution is 2.48. The Hall–Kier alpha value is -3.00. The summed E-state index contributed by atoms with van der Waals surface area (Å²) in [5, 5.41) is 17.7. The summed E-state index contributed by atoms with van der Waals surface area (Å²) in [6.07, 6.45) is 15.9. The van der Waals surface area contributed by atoms with Gasteiger partial charge in [0, 0.05) is 56.2 Å². The molecule has 1 saturated heterocycles. The lowest BCUT2D eigenvalue weighted by molar-refractivity contribution is -0.135. The summed E-state index contributed by atoms with van der Waals surface area (Å²) in [4.78, 5) is 32.7. The van der Waals surface area contributed by atoms with E-state index in [-0.39, 0.29) is 17.9 Å². The molecule has 2 aliphatic carbocycles. The number of H-pyrrole nitrogens is 1. The second kappa shape index (κ2) is 11.2. The third-order valence-corrected chi connectivity index (χ3v) is 7.48. The first-order chi connectivity index (χ1) is 16.9. The molecule has 188 valence electrons. The Morgan fingerprint density at radius 1 is 1.26 bits per heavy atom.